The zero-order valence-corrected chi connectivity index (χ0v) is 9.32. The predicted molar refractivity (Wildman–Crippen MR) is 62.8 cm³/mol. The molecule has 0 heterocycles. The Morgan fingerprint density at radius 1 is 1.31 bits per heavy atom. The van der Waals surface area contributed by atoms with Crippen LogP contribution in [-0.2, 0) is 16.1 Å². The Balaban J connectivity index is 1.94. The molecule has 0 spiro atoms. The summed E-state index contributed by atoms with van der Waals surface area (Å²) in [6, 6.07) is 10.2. The van der Waals surface area contributed by atoms with E-state index in [9.17, 15) is 4.79 Å². The Hall–Kier alpha value is -1.39. The van der Waals surface area contributed by atoms with Gasteiger partial charge in [0.15, 0.2) is 0 Å². The van der Waals surface area contributed by atoms with E-state index in [1.807, 2.05) is 18.2 Å². The minimum Gasteiger partial charge on any atom is -0.372 e. The van der Waals surface area contributed by atoms with Crippen LogP contribution >= 0.6 is 0 Å². The van der Waals surface area contributed by atoms with Crippen LogP contribution in [0.1, 0.15) is 12.0 Å². The van der Waals surface area contributed by atoms with E-state index in [1.165, 1.54) is 5.56 Å². The van der Waals surface area contributed by atoms with Crippen LogP contribution in [0.5, 0.6) is 0 Å². The van der Waals surface area contributed by atoms with Gasteiger partial charge < -0.3 is 15.8 Å². The second-order valence-electron chi connectivity index (χ2n) is 3.53. The molecule has 0 aliphatic heterocycles. The summed E-state index contributed by atoms with van der Waals surface area (Å²) in [5, 5.41) is 3.29. The summed E-state index contributed by atoms with van der Waals surface area (Å²) >= 11 is 0. The number of hydrogen-bond acceptors (Lipinski definition) is 3. The van der Waals surface area contributed by atoms with Gasteiger partial charge in [0, 0.05) is 13.2 Å². The minimum absolute atomic E-state index is 0.0126. The molecule has 4 nitrogen and oxygen atoms in total. The van der Waals surface area contributed by atoms with E-state index in [2.05, 4.69) is 17.4 Å². The molecule has 1 rings (SSSR count). The van der Waals surface area contributed by atoms with Crippen molar-refractivity contribution >= 4 is 5.91 Å². The van der Waals surface area contributed by atoms with Gasteiger partial charge in [0.2, 0.25) is 5.91 Å². The molecule has 1 aromatic rings. The molecule has 0 radical (unpaired) electrons. The Morgan fingerprint density at radius 2 is 2.06 bits per heavy atom. The quantitative estimate of drug-likeness (QED) is 0.635. The zero-order valence-electron chi connectivity index (χ0n) is 9.32. The van der Waals surface area contributed by atoms with Gasteiger partial charge in [-0.1, -0.05) is 30.3 Å². The van der Waals surface area contributed by atoms with Crippen LogP contribution in [0.4, 0.5) is 0 Å². The van der Waals surface area contributed by atoms with E-state index >= 15 is 0 Å². The summed E-state index contributed by atoms with van der Waals surface area (Å²) < 4.78 is 5.03. The maximum absolute atomic E-state index is 10.4. The number of ether oxygens (including phenoxy) is 1. The molecule has 4 heteroatoms. The molecule has 0 saturated heterocycles. The van der Waals surface area contributed by atoms with Crippen LogP contribution in [0.2, 0.25) is 0 Å². The van der Waals surface area contributed by atoms with E-state index in [0.717, 1.165) is 19.5 Å². The Labute approximate surface area is 95.8 Å². The van der Waals surface area contributed by atoms with Gasteiger partial charge in [0.25, 0.3) is 0 Å². The van der Waals surface area contributed by atoms with Crippen molar-refractivity contribution in [3.63, 3.8) is 0 Å². The largest absolute Gasteiger partial charge is 0.372 e. The van der Waals surface area contributed by atoms with Crippen LogP contribution in [0.15, 0.2) is 30.3 Å². The van der Waals surface area contributed by atoms with Crippen LogP contribution in [0, 0.1) is 0 Å². The number of hydrogen-bond donors (Lipinski definition) is 2. The minimum atomic E-state index is -0.419. The van der Waals surface area contributed by atoms with Crippen molar-refractivity contribution in [1.29, 1.82) is 0 Å². The first-order chi connectivity index (χ1) is 7.79. The van der Waals surface area contributed by atoms with Crippen molar-refractivity contribution < 1.29 is 9.53 Å². The van der Waals surface area contributed by atoms with Crippen molar-refractivity contribution in [1.82, 2.24) is 5.32 Å². The van der Waals surface area contributed by atoms with Crippen molar-refractivity contribution in [3.05, 3.63) is 35.9 Å². The zero-order chi connectivity index (χ0) is 11.6. The maximum Gasteiger partial charge on any atom is 0.243 e. The summed E-state index contributed by atoms with van der Waals surface area (Å²) in [6.45, 7) is 2.30. The Kier molecular flexibility index (Phi) is 6.22. The monoisotopic (exact) mass is 222 g/mol. The molecular weight excluding hydrogens is 204 g/mol. The number of benzene rings is 1. The lowest BCUT2D eigenvalue weighted by Gasteiger charge is -2.05. The van der Waals surface area contributed by atoms with Gasteiger partial charge in [-0.15, -0.1) is 0 Å². The van der Waals surface area contributed by atoms with Gasteiger partial charge in [-0.2, -0.15) is 0 Å². The molecule has 0 aliphatic carbocycles. The van der Waals surface area contributed by atoms with Crippen LogP contribution in [0.25, 0.3) is 0 Å². The van der Waals surface area contributed by atoms with Gasteiger partial charge in [0.1, 0.15) is 6.61 Å². The van der Waals surface area contributed by atoms with Gasteiger partial charge in [-0.25, -0.2) is 0 Å². The molecule has 16 heavy (non-hydrogen) atoms. The fourth-order valence-electron chi connectivity index (χ4n) is 1.30. The predicted octanol–water partition coefficient (Wildman–Crippen LogP) is 0.668. The van der Waals surface area contributed by atoms with E-state index in [4.69, 9.17) is 10.5 Å². The SMILES string of the molecule is NC(=O)COCCCNCc1ccccc1. The third kappa shape index (κ3) is 6.16. The summed E-state index contributed by atoms with van der Waals surface area (Å²) in [5.41, 5.74) is 6.19. The normalized spacial score (nSPS) is 10.2. The summed E-state index contributed by atoms with van der Waals surface area (Å²) in [7, 11) is 0. The lowest BCUT2D eigenvalue weighted by molar-refractivity contribution is -0.122. The van der Waals surface area contributed by atoms with Crippen LogP contribution < -0.4 is 11.1 Å². The third-order valence-corrected chi connectivity index (χ3v) is 2.06. The molecule has 0 bridgehead atoms. The maximum atomic E-state index is 10.4. The van der Waals surface area contributed by atoms with Crippen LogP contribution in [-0.4, -0.2) is 25.7 Å². The van der Waals surface area contributed by atoms with Crippen molar-refractivity contribution in [2.75, 3.05) is 19.8 Å². The number of nitrogens with two attached hydrogens (primary N) is 1. The number of amides is 1. The number of carbonyl (C=O) groups excluding carboxylic acids is 1. The van der Waals surface area contributed by atoms with Crippen molar-refractivity contribution in [2.24, 2.45) is 5.73 Å². The van der Waals surface area contributed by atoms with Crippen molar-refractivity contribution in [2.45, 2.75) is 13.0 Å². The number of nitrogens with one attached hydrogen (secondary N) is 1. The number of rotatable bonds is 8. The molecule has 0 aliphatic rings. The first kappa shape index (κ1) is 12.7. The first-order valence-corrected chi connectivity index (χ1v) is 5.40. The summed E-state index contributed by atoms with van der Waals surface area (Å²) in [5.74, 6) is -0.419. The number of primary amides is 1. The van der Waals surface area contributed by atoms with Gasteiger partial charge in [0.05, 0.1) is 0 Å². The standard InChI is InChI=1S/C12H18N2O2/c13-12(15)10-16-8-4-7-14-9-11-5-2-1-3-6-11/h1-3,5-6,14H,4,7-10H2,(H2,13,15). The van der Waals surface area contributed by atoms with E-state index in [1.54, 1.807) is 0 Å². The molecule has 0 unspecified atom stereocenters. The molecule has 1 amide bonds. The molecule has 0 aromatic heterocycles. The molecule has 0 atom stereocenters. The van der Waals surface area contributed by atoms with Gasteiger partial charge in [-0.05, 0) is 18.5 Å². The highest BCUT2D eigenvalue weighted by molar-refractivity contribution is 5.74. The molecule has 3 N–H and O–H groups in total. The smallest absolute Gasteiger partial charge is 0.243 e. The fraction of sp³-hybridized carbons (Fsp3) is 0.417. The molecule has 0 fully saturated rings. The van der Waals surface area contributed by atoms with Crippen LogP contribution in [0.3, 0.4) is 0 Å². The highest BCUT2D eigenvalue weighted by Crippen LogP contribution is 1.96. The van der Waals surface area contributed by atoms with Crippen molar-refractivity contribution in [3.8, 4) is 0 Å². The van der Waals surface area contributed by atoms with Gasteiger partial charge in [-0.3, -0.25) is 4.79 Å². The average Bonchev–Trinajstić information content (AvgIpc) is 2.29. The molecule has 0 saturated carbocycles. The number of carbonyl (C=O) groups is 1. The lowest BCUT2D eigenvalue weighted by Crippen LogP contribution is -2.20. The highest BCUT2D eigenvalue weighted by atomic mass is 16.5. The summed E-state index contributed by atoms with van der Waals surface area (Å²) in [6.07, 6.45) is 0.875. The lowest BCUT2D eigenvalue weighted by atomic mass is 10.2. The van der Waals surface area contributed by atoms with E-state index < -0.39 is 5.91 Å². The Bertz CT molecular complexity index is 301. The van der Waals surface area contributed by atoms with E-state index in [-0.39, 0.29) is 6.61 Å². The Morgan fingerprint density at radius 3 is 2.75 bits per heavy atom. The molecule has 1 aromatic carbocycles. The first-order valence-electron chi connectivity index (χ1n) is 5.40. The topological polar surface area (TPSA) is 64.4 Å². The van der Waals surface area contributed by atoms with E-state index in [0.29, 0.717) is 6.61 Å². The second kappa shape index (κ2) is 7.84. The van der Waals surface area contributed by atoms with Gasteiger partial charge >= 0.3 is 0 Å². The summed E-state index contributed by atoms with van der Waals surface area (Å²) in [4.78, 5) is 10.4. The average molecular weight is 222 g/mol. The fourth-order valence-corrected chi connectivity index (χ4v) is 1.30. The molecule has 88 valence electrons. The molecular formula is C12H18N2O2. The highest BCUT2D eigenvalue weighted by Gasteiger charge is 1.94. The second-order valence-corrected chi connectivity index (χ2v) is 3.53. The third-order valence-electron chi connectivity index (χ3n) is 2.06.